The molecule has 0 radical (unpaired) electrons. The first kappa shape index (κ1) is 17.2. The van der Waals surface area contributed by atoms with Crippen LogP contribution in [0.5, 0.6) is 0 Å². The predicted octanol–water partition coefficient (Wildman–Crippen LogP) is 2.13. The lowest BCUT2D eigenvalue weighted by atomic mass is 10.00. The quantitative estimate of drug-likeness (QED) is 0.915. The van der Waals surface area contributed by atoms with Crippen molar-refractivity contribution in [3.8, 4) is 0 Å². The van der Waals surface area contributed by atoms with Crippen molar-refractivity contribution < 1.29 is 23.1 Å². The van der Waals surface area contributed by atoms with E-state index >= 15 is 0 Å². The molecule has 0 aromatic heterocycles. The highest BCUT2D eigenvalue weighted by atomic mass is 19.3. The van der Waals surface area contributed by atoms with E-state index in [1.165, 1.54) is 29.2 Å². The van der Waals surface area contributed by atoms with Crippen molar-refractivity contribution in [2.24, 2.45) is 0 Å². The number of rotatable bonds is 3. The average Bonchev–Trinajstić information content (AvgIpc) is 2.91. The van der Waals surface area contributed by atoms with E-state index in [9.17, 15) is 23.1 Å². The van der Waals surface area contributed by atoms with Gasteiger partial charge in [0.2, 0.25) is 0 Å². The number of nitrogens with zero attached hydrogens (tertiary/aromatic N) is 2. The third-order valence-corrected chi connectivity index (χ3v) is 4.80. The van der Waals surface area contributed by atoms with Gasteiger partial charge in [-0.1, -0.05) is 6.07 Å². The van der Waals surface area contributed by atoms with Crippen LogP contribution >= 0.6 is 0 Å². The summed E-state index contributed by atoms with van der Waals surface area (Å²) >= 11 is 0. The highest BCUT2D eigenvalue weighted by Crippen LogP contribution is 2.30. The molecule has 1 aromatic carbocycles. The first-order valence-electron chi connectivity index (χ1n) is 8.14. The van der Waals surface area contributed by atoms with Gasteiger partial charge in [0, 0.05) is 44.6 Å². The molecule has 0 saturated carbocycles. The van der Waals surface area contributed by atoms with E-state index in [4.69, 9.17) is 0 Å². The van der Waals surface area contributed by atoms with Crippen LogP contribution < -0.4 is 0 Å². The number of piperidine rings is 1. The first-order valence-corrected chi connectivity index (χ1v) is 8.14. The predicted molar refractivity (Wildman–Crippen MR) is 82.5 cm³/mol. The van der Waals surface area contributed by atoms with E-state index in [-0.39, 0.29) is 50.5 Å². The van der Waals surface area contributed by atoms with Crippen LogP contribution in [0.15, 0.2) is 24.3 Å². The maximum Gasteiger partial charge on any atom is 0.254 e. The second kappa shape index (κ2) is 6.37. The zero-order valence-corrected chi connectivity index (χ0v) is 13.4. The number of halogens is 3. The molecule has 2 aliphatic heterocycles. The Morgan fingerprint density at radius 1 is 1.17 bits per heavy atom. The van der Waals surface area contributed by atoms with Gasteiger partial charge >= 0.3 is 0 Å². The van der Waals surface area contributed by atoms with E-state index in [0.29, 0.717) is 13.0 Å². The Bertz CT molecular complexity index is 616. The van der Waals surface area contributed by atoms with Crippen LogP contribution in [-0.2, 0) is 0 Å². The smallest absolute Gasteiger partial charge is 0.254 e. The van der Waals surface area contributed by atoms with E-state index in [0.717, 1.165) is 0 Å². The summed E-state index contributed by atoms with van der Waals surface area (Å²) < 4.78 is 39.7. The van der Waals surface area contributed by atoms with Gasteiger partial charge in [-0.05, 0) is 24.6 Å². The summed E-state index contributed by atoms with van der Waals surface area (Å²) in [6.45, 7) is 1.27. The Morgan fingerprint density at radius 3 is 2.54 bits per heavy atom. The van der Waals surface area contributed by atoms with Crippen LogP contribution in [0.3, 0.4) is 0 Å². The van der Waals surface area contributed by atoms with Crippen LogP contribution in [0.1, 0.15) is 29.6 Å². The van der Waals surface area contributed by atoms with E-state index in [1.54, 1.807) is 0 Å². The first-order chi connectivity index (χ1) is 11.3. The topological polar surface area (TPSA) is 43.8 Å². The zero-order chi connectivity index (χ0) is 17.4. The van der Waals surface area contributed by atoms with Gasteiger partial charge in [-0.15, -0.1) is 0 Å². The van der Waals surface area contributed by atoms with Crippen LogP contribution in [0.4, 0.5) is 13.2 Å². The van der Waals surface area contributed by atoms with Crippen molar-refractivity contribution in [1.82, 2.24) is 9.80 Å². The molecule has 1 unspecified atom stereocenters. The molecule has 1 atom stereocenters. The maximum absolute atomic E-state index is 13.3. The molecular weight excluding hydrogens is 321 g/mol. The maximum atomic E-state index is 13.3. The standard InChI is InChI=1S/C17H21F3N2O2/c18-14-3-1-2-13(10-14)15(23)22-9-4-16(24,12-22)11-21-7-5-17(19,20)6-8-21/h1-3,10,24H,4-9,11-12H2. The fraction of sp³-hybridized carbons (Fsp3) is 0.588. The molecule has 1 N–H and O–H groups in total. The van der Waals surface area contributed by atoms with Crippen molar-refractivity contribution in [2.45, 2.75) is 30.8 Å². The van der Waals surface area contributed by atoms with Crippen LogP contribution in [-0.4, -0.2) is 65.1 Å². The second-order valence-electron chi connectivity index (χ2n) is 6.84. The number of aliphatic hydroxyl groups is 1. The monoisotopic (exact) mass is 342 g/mol. The summed E-state index contributed by atoms with van der Waals surface area (Å²) in [6.07, 6.45) is -0.00895. The molecule has 132 valence electrons. The molecule has 0 aliphatic carbocycles. The normalized spacial score (nSPS) is 27.4. The van der Waals surface area contributed by atoms with Gasteiger partial charge in [0.15, 0.2) is 0 Å². The van der Waals surface area contributed by atoms with Crippen molar-refractivity contribution in [3.05, 3.63) is 35.6 Å². The average molecular weight is 342 g/mol. The number of alkyl halides is 2. The highest BCUT2D eigenvalue weighted by molar-refractivity contribution is 5.94. The minimum Gasteiger partial charge on any atom is -0.387 e. The number of β-amino-alcohol motifs (C(OH)–C–C–N with tert-alkyl or cyclic N) is 1. The molecule has 24 heavy (non-hydrogen) atoms. The van der Waals surface area contributed by atoms with Gasteiger partial charge in [0.25, 0.3) is 11.8 Å². The van der Waals surface area contributed by atoms with E-state index in [1.807, 2.05) is 4.90 Å². The van der Waals surface area contributed by atoms with Crippen molar-refractivity contribution in [1.29, 1.82) is 0 Å². The number of hydrogen-bond acceptors (Lipinski definition) is 3. The number of hydrogen-bond donors (Lipinski definition) is 1. The number of amides is 1. The third-order valence-electron chi connectivity index (χ3n) is 4.80. The molecule has 0 spiro atoms. The Labute approximate surface area is 138 Å². The third kappa shape index (κ3) is 3.89. The molecule has 3 rings (SSSR count). The molecule has 4 nitrogen and oxygen atoms in total. The molecule has 0 bridgehead atoms. The van der Waals surface area contributed by atoms with Gasteiger partial charge in [-0.2, -0.15) is 0 Å². The van der Waals surface area contributed by atoms with Crippen LogP contribution in [0.25, 0.3) is 0 Å². The zero-order valence-electron chi connectivity index (χ0n) is 13.4. The highest BCUT2D eigenvalue weighted by Gasteiger charge is 2.42. The van der Waals surface area contributed by atoms with Gasteiger partial charge in [0.1, 0.15) is 5.82 Å². The molecule has 1 aromatic rings. The molecular formula is C17H21F3N2O2. The van der Waals surface area contributed by atoms with Gasteiger partial charge in [-0.3, -0.25) is 9.69 Å². The van der Waals surface area contributed by atoms with Gasteiger partial charge in [-0.25, -0.2) is 13.2 Å². The summed E-state index contributed by atoms with van der Waals surface area (Å²) in [5.41, 5.74) is -0.854. The van der Waals surface area contributed by atoms with Crippen molar-refractivity contribution >= 4 is 5.91 Å². The SMILES string of the molecule is O=C(c1cccc(F)c1)N1CCC(O)(CN2CCC(F)(F)CC2)C1. The Kier molecular flexibility index (Phi) is 4.57. The fourth-order valence-electron chi connectivity index (χ4n) is 3.42. The molecule has 7 heteroatoms. The molecule has 2 saturated heterocycles. The molecule has 2 heterocycles. The lowest BCUT2D eigenvalue weighted by Gasteiger charge is -2.36. The van der Waals surface area contributed by atoms with E-state index in [2.05, 4.69) is 0 Å². The van der Waals surface area contributed by atoms with Crippen molar-refractivity contribution in [3.63, 3.8) is 0 Å². The number of carbonyl (C=O) groups is 1. The molecule has 2 fully saturated rings. The van der Waals surface area contributed by atoms with E-state index < -0.39 is 17.3 Å². The summed E-state index contributed by atoms with van der Waals surface area (Å²) in [7, 11) is 0. The fourth-order valence-corrected chi connectivity index (χ4v) is 3.42. The Balaban J connectivity index is 1.59. The molecule has 2 aliphatic rings. The van der Waals surface area contributed by atoms with Crippen LogP contribution in [0.2, 0.25) is 0 Å². The lowest BCUT2D eigenvalue weighted by molar-refractivity contribution is -0.0720. The molecule has 1 amide bonds. The number of benzene rings is 1. The van der Waals surface area contributed by atoms with Gasteiger partial charge < -0.3 is 10.0 Å². The Hall–Kier alpha value is -1.60. The van der Waals surface area contributed by atoms with Gasteiger partial charge in [0.05, 0.1) is 12.1 Å². The summed E-state index contributed by atoms with van der Waals surface area (Å²) in [5, 5.41) is 10.7. The number of likely N-dealkylation sites (tertiary alicyclic amines) is 2. The summed E-state index contributed by atoms with van der Waals surface area (Å²) in [6, 6.07) is 5.45. The number of carbonyl (C=O) groups excluding carboxylic acids is 1. The summed E-state index contributed by atoms with van der Waals surface area (Å²) in [5.74, 6) is -3.42. The largest absolute Gasteiger partial charge is 0.387 e. The van der Waals surface area contributed by atoms with Crippen molar-refractivity contribution in [2.75, 3.05) is 32.7 Å². The minimum absolute atomic E-state index is 0.134. The minimum atomic E-state index is -2.62. The Morgan fingerprint density at radius 2 is 1.88 bits per heavy atom. The second-order valence-corrected chi connectivity index (χ2v) is 6.84. The van der Waals surface area contributed by atoms with Crippen LogP contribution in [0, 0.1) is 5.82 Å². The summed E-state index contributed by atoms with van der Waals surface area (Å²) in [4.78, 5) is 15.7. The lowest BCUT2D eigenvalue weighted by Crippen LogP contribution is -2.49.